The Morgan fingerprint density at radius 1 is 1.00 bits per heavy atom. The van der Waals surface area contributed by atoms with Crippen LogP contribution in [0.3, 0.4) is 0 Å². The van der Waals surface area contributed by atoms with Crippen LogP contribution in [0.5, 0.6) is 0 Å². The van der Waals surface area contributed by atoms with Gasteiger partial charge in [-0.05, 0) is 35.7 Å². The highest BCUT2D eigenvalue weighted by Crippen LogP contribution is 2.36. The van der Waals surface area contributed by atoms with Crippen LogP contribution in [0.2, 0.25) is 18.1 Å². The van der Waals surface area contributed by atoms with Gasteiger partial charge in [0.2, 0.25) is 0 Å². The van der Waals surface area contributed by atoms with Gasteiger partial charge in [-0.3, -0.25) is 0 Å². The van der Waals surface area contributed by atoms with Gasteiger partial charge in [0.1, 0.15) is 0 Å². The van der Waals surface area contributed by atoms with Crippen LogP contribution < -0.4 is 5.32 Å². The fourth-order valence-corrected chi connectivity index (χ4v) is 3.75. The molecule has 0 aliphatic rings. The highest BCUT2D eigenvalue weighted by molar-refractivity contribution is 6.74. The van der Waals surface area contributed by atoms with E-state index in [1.54, 1.807) is 0 Å². The first-order chi connectivity index (χ1) is 13.7. The zero-order chi connectivity index (χ0) is 21.3. The first-order valence-electron chi connectivity index (χ1n) is 10.5. The minimum Gasteiger partial charge on any atom is -0.415 e. The number of hydrogen-bond donors (Lipinski definition) is 2. The molecular formula is C25H37NO2Si. The second kappa shape index (κ2) is 10.9. The van der Waals surface area contributed by atoms with Crippen molar-refractivity contribution in [2.75, 3.05) is 6.61 Å². The van der Waals surface area contributed by atoms with Gasteiger partial charge in [-0.25, -0.2) is 0 Å². The number of aliphatic hydroxyl groups excluding tert-OH is 1. The maximum Gasteiger partial charge on any atom is 0.192 e. The molecule has 2 aromatic rings. The summed E-state index contributed by atoms with van der Waals surface area (Å²) in [5, 5.41) is 14.2. The molecule has 2 rings (SSSR count). The molecule has 29 heavy (non-hydrogen) atoms. The minimum absolute atomic E-state index is 0.104. The lowest BCUT2D eigenvalue weighted by Crippen LogP contribution is -2.44. The summed E-state index contributed by atoms with van der Waals surface area (Å²) in [7, 11) is -1.81. The molecule has 0 spiro atoms. The van der Waals surface area contributed by atoms with E-state index in [-0.39, 0.29) is 11.1 Å². The average Bonchev–Trinajstić information content (AvgIpc) is 2.70. The molecule has 158 valence electrons. The lowest BCUT2D eigenvalue weighted by atomic mass is 10.1. The van der Waals surface area contributed by atoms with Crippen molar-refractivity contribution < 1.29 is 9.53 Å². The molecule has 0 saturated carbocycles. The summed E-state index contributed by atoms with van der Waals surface area (Å²) >= 11 is 0. The Morgan fingerprint density at radius 3 is 2.17 bits per heavy atom. The van der Waals surface area contributed by atoms with Gasteiger partial charge >= 0.3 is 0 Å². The van der Waals surface area contributed by atoms with E-state index in [9.17, 15) is 5.11 Å². The van der Waals surface area contributed by atoms with Crippen LogP contribution in [0, 0.1) is 0 Å². The van der Waals surface area contributed by atoms with Gasteiger partial charge in [-0.1, -0.05) is 93.6 Å². The third kappa shape index (κ3) is 7.90. The number of hydrogen-bond acceptors (Lipinski definition) is 3. The Bertz CT molecular complexity index is 738. The summed E-state index contributed by atoms with van der Waals surface area (Å²) in [5.74, 6) is 0. The van der Waals surface area contributed by atoms with Gasteiger partial charge in [0.25, 0.3) is 0 Å². The topological polar surface area (TPSA) is 41.5 Å². The van der Waals surface area contributed by atoms with Crippen LogP contribution in [0.25, 0.3) is 0 Å². The van der Waals surface area contributed by atoms with Crippen molar-refractivity contribution in [3.8, 4) is 0 Å². The molecule has 0 fully saturated rings. The molecule has 4 heteroatoms. The Hall–Kier alpha value is -1.72. The number of rotatable bonds is 10. The van der Waals surface area contributed by atoms with Gasteiger partial charge in [-0.15, -0.1) is 0 Å². The quantitative estimate of drug-likeness (QED) is 0.381. The molecule has 2 atom stereocenters. The smallest absolute Gasteiger partial charge is 0.192 e. The Labute approximate surface area is 178 Å². The van der Waals surface area contributed by atoms with E-state index >= 15 is 0 Å². The highest BCUT2D eigenvalue weighted by atomic mass is 28.4. The predicted molar refractivity (Wildman–Crippen MR) is 125 cm³/mol. The largest absolute Gasteiger partial charge is 0.415 e. The lowest BCUT2D eigenvalue weighted by Gasteiger charge is -2.37. The Kier molecular flexibility index (Phi) is 8.84. The van der Waals surface area contributed by atoms with Crippen LogP contribution >= 0.6 is 0 Å². The van der Waals surface area contributed by atoms with Gasteiger partial charge in [0.15, 0.2) is 8.32 Å². The van der Waals surface area contributed by atoms with Crippen molar-refractivity contribution in [2.24, 2.45) is 0 Å². The number of aliphatic hydroxyl groups is 1. The fraction of sp³-hybridized carbons (Fsp3) is 0.440. The molecule has 0 radical (unpaired) electrons. The third-order valence-electron chi connectivity index (χ3n) is 5.75. The molecule has 2 N–H and O–H groups in total. The fourth-order valence-electron chi connectivity index (χ4n) is 2.72. The normalized spacial score (nSPS) is 14.8. The molecule has 0 unspecified atom stereocenters. The second-order valence-corrected chi connectivity index (χ2v) is 13.9. The monoisotopic (exact) mass is 411 g/mol. The van der Waals surface area contributed by atoms with Crippen molar-refractivity contribution in [3.63, 3.8) is 0 Å². The van der Waals surface area contributed by atoms with Gasteiger partial charge < -0.3 is 14.8 Å². The Morgan fingerprint density at radius 2 is 1.59 bits per heavy atom. The molecule has 3 nitrogen and oxygen atoms in total. The number of nitrogens with one attached hydrogen (secondary N) is 1. The summed E-state index contributed by atoms with van der Waals surface area (Å²) in [6.07, 6.45) is 4.31. The van der Waals surface area contributed by atoms with Crippen LogP contribution in [0.1, 0.15) is 44.4 Å². The standard InChI is InChI=1S/C25H37NO2Si/c1-25(2,3)29(4,5)28-20-23(26-19-21-13-8-6-9-14-21)17-12-18-24(27)22-15-10-7-11-16-22/h6-17,23-24,26-27H,18-20H2,1-5H3/b17-12-/t23-,24-/m1/s1. The minimum atomic E-state index is -1.81. The highest BCUT2D eigenvalue weighted by Gasteiger charge is 2.37. The van der Waals surface area contributed by atoms with Crippen molar-refractivity contribution in [1.82, 2.24) is 5.32 Å². The molecule has 0 heterocycles. The molecule has 0 bridgehead atoms. The maximum atomic E-state index is 10.4. The van der Waals surface area contributed by atoms with Crippen molar-refractivity contribution in [3.05, 3.63) is 83.9 Å². The first kappa shape index (κ1) is 23.6. The number of benzene rings is 2. The van der Waals surface area contributed by atoms with Crippen LogP contribution in [-0.4, -0.2) is 26.1 Å². The molecule has 0 aliphatic carbocycles. The summed E-state index contributed by atoms with van der Waals surface area (Å²) < 4.78 is 6.45. The van der Waals surface area contributed by atoms with Crippen LogP contribution in [0.15, 0.2) is 72.8 Å². The van der Waals surface area contributed by atoms with Crippen LogP contribution in [-0.2, 0) is 11.0 Å². The maximum absolute atomic E-state index is 10.4. The zero-order valence-electron chi connectivity index (χ0n) is 18.6. The first-order valence-corrected chi connectivity index (χ1v) is 13.4. The van der Waals surface area contributed by atoms with E-state index in [2.05, 4.69) is 75.6 Å². The molecule has 0 amide bonds. The molecule has 0 aliphatic heterocycles. The van der Waals surface area contributed by atoms with Crippen molar-refractivity contribution in [1.29, 1.82) is 0 Å². The lowest BCUT2D eigenvalue weighted by molar-refractivity contribution is 0.181. The SMILES string of the molecule is CC(C)(C)[Si](C)(C)OC[C@@H](/C=C\C[C@@H](O)c1ccccc1)NCc1ccccc1. The summed E-state index contributed by atoms with van der Waals surface area (Å²) in [6.45, 7) is 12.8. The van der Waals surface area contributed by atoms with Crippen LogP contribution in [0.4, 0.5) is 0 Å². The third-order valence-corrected chi connectivity index (χ3v) is 10.3. The van der Waals surface area contributed by atoms with E-state index in [4.69, 9.17) is 4.43 Å². The Balaban J connectivity index is 1.99. The average molecular weight is 412 g/mol. The van der Waals surface area contributed by atoms with E-state index in [0.29, 0.717) is 13.0 Å². The van der Waals surface area contributed by atoms with Crippen molar-refractivity contribution in [2.45, 2.75) is 64.0 Å². The molecule has 0 saturated heterocycles. The van der Waals surface area contributed by atoms with E-state index < -0.39 is 14.4 Å². The van der Waals surface area contributed by atoms with E-state index in [0.717, 1.165) is 12.1 Å². The molecule has 2 aromatic carbocycles. The zero-order valence-corrected chi connectivity index (χ0v) is 19.6. The second-order valence-electron chi connectivity index (χ2n) is 9.13. The molecular weight excluding hydrogens is 374 g/mol. The molecule has 0 aromatic heterocycles. The predicted octanol–water partition coefficient (Wildman–Crippen LogP) is 5.85. The summed E-state index contributed by atoms with van der Waals surface area (Å²) in [6, 6.07) is 20.3. The van der Waals surface area contributed by atoms with Crippen molar-refractivity contribution >= 4 is 8.32 Å². The van der Waals surface area contributed by atoms with Gasteiger partial charge in [0, 0.05) is 12.6 Å². The van der Waals surface area contributed by atoms with Gasteiger partial charge in [0.05, 0.1) is 12.7 Å². The van der Waals surface area contributed by atoms with E-state index in [1.807, 2.05) is 36.4 Å². The summed E-state index contributed by atoms with van der Waals surface area (Å²) in [4.78, 5) is 0. The van der Waals surface area contributed by atoms with E-state index in [1.165, 1.54) is 5.56 Å². The summed E-state index contributed by atoms with van der Waals surface area (Å²) in [5.41, 5.74) is 2.20. The van der Waals surface area contributed by atoms with Gasteiger partial charge in [-0.2, -0.15) is 0 Å².